The molecule has 0 aromatic heterocycles. The summed E-state index contributed by atoms with van der Waals surface area (Å²) in [4.78, 5) is 29.0. The molecule has 0 heterocycles. The second-order valence-corrected chi connectivity index (χ2v) is 8.73. The summed E-state index contributed by atoms with van der Waals surface area (Å²) in [5.74, 6) is -0.136. The summed E-state index contributed by atoms with van der Waals surface area (Å²) in [6, 6.07) is 0. The monoisotopic (exact) mass is 336 g/mol. The lowest BCUT2D eigenvalue weighted by Gasteiger charge is -2.16. The number of hydrogen-bond acceptors (Lipinski definition) is 3. The first kappa shape index (κ1) is 21.6. The summed E-state index contributed by atoms with van der Waals surface area (Å²) in [7, 11) is -3.80. The highest BCUT2D eigenvalue weighted by Crippen LogP contribution is 2.35. The molecule has 0 aliphatic carbocycles. The predicted molar refractivity (Wildman–Crippen MR) is 88.9 cm³/mol. The maximum absolute atomic E-state index is 11.5. The van der Waals surface area contributed by atoms with Gasteiger partial charge in [0.15, 0.2) is 0 Å². The normalized spacial score (nSPS) is 12.4. The minimum atomic E-state index is -3.80. The average molecular weight is 336 g/mol. The summed E-state index contributed by atoms with van der Waals surface area (Å²) >= 11 is 0. The van der Waals surface area contributed by atoms with Gasteiger partial charge < -0.3 is 14.5 Å². The van der Waals surface area contributed by atoms with Gasteiger partial charge in [0.2, 0.25) is 0 Å². The van der Waals surface area contributed by atoms with E-state index >= 15 is 0 Å². The molecule has 0 aliphatic rings. The van der Waals surface area contributed by atoms with E-state index in [2.05, 4.69) is 0 Å². The second-order valence-electron chi connectivity index (χ2n) is 6.96. The quantitative estimate of drug-likeness (QED) is 0.316. The van der Waals surface area contributed by atoms with E-state index in [-0.39, 0.29) is 12.1 Å². The Labute approximate surface area is 135 Å². The largest absolute Gasteiger partial charge is 0.465 e. The number of rotatable bonds is 12. The Kier molecular flexibility index (Phi) is 11.0. The standard InChI is InChI=1S/C16H33O5P/c1-16(2,3)15(17)21-13-11-9-7-5-4-6-8-10-12-14-22(18,19)20/h4-14H2,1-3H3,(H2,18,19,20). The van der Waals surface area contributed by atoms with Crippen LogP contribution >= 0.6 is 7.60 Å². The van der Waals surface area contributed by atoms with Crippen molar-refractivity contribution >= 4 is 13.6 Å². The molecule has 0 bridgehead atoms. The number of carbonyl (C=O) groups is 1. The Morgan fingerprint density at radius 2 is 1.27 bits per heavy atom. The Morgan fingerprint density at radius 3 is 1.68 bits per heavy atom. The van der Waals surface area contributed by atoms with Gasteiger partial charge in [-0.2, -0.15) is 0 Å². The average Bonchev–Trinajstić information content (AvgIpc) is 2.37. The van der Waals surface area contributed by atoms with Crippen molar-refractivity contribution in [2.75, 3.05) is 12.8 Å². The molecule has 0 amide bonds. The summed E-state index contributed by atoms with van der Waals surface area (Å²) < 4.78 is 15.9. The van der Waals surface area contributed by atoms with Crippen molar-refractivity contribution in [1.82, 2.24) is 0 Å². The number of hydrogen-bond donors (Lipinski definition) is 2. The van der Waals surface area contributed by atoms with Gasteiger partial charge in [0.25, 0.3) is 0 Å². The number of esters is 1. The predicted octanol–water partition coefficient (Wildman–Crippen LogP) is 4.26. The molecule has 0 aromatic rings. The molecule has 0 radical (unpaired) electrons. The highest BCUT2D eigenvalue weighted by atomic mass is 31.2. The zero-order chi connectivity index (χ0) is 17.1. The maximum atomic E-state index is 11.5. The number of ether oxygens (including phenoxy) is 1. The first-order valence-electron chi connectivity index (χ1n) is 8.35. The molecule has 22 heavy (non-hydrogen) atoms. The van der Waals surface area contributed by atoms with Crippen LogP contribution in [-0.2, 0) is 14.1 Å². The van der Waals surface area contributed by atoms with Crippen LogP contribution in [0.4, 0.5) is 0 Å². The minimum Gasteiger partial charge on any atom is -0.465 e. The van der Waals surface area contributed by atoms with Crippen molar-refractivity contribution in [2.45, 2.75) is 78.6 Å². The Balaban J connectivity index is 3.25. The van der Waals surface area contributed by atoms with Gasteiger partial charge in [-0.3, -0.25) is 9.36 Å². The molecule has 132 valence electrons. The van der Waals surface area contributed by atoms with Crippen molar-refractivity contribution < 1.29 is 23.9 Å². The third-order valence-electron chi connectivity index (χ3n) is 3.44. The molecule has 0 fully saturated rings. The Morgan fingerprint density at radius 1 is 0.864 bits per heavy atom. The van der Waals surface area contributed by atoms with Gasteiger partial charge in [-0.15, -0.1) is 0 Å². The SMILES string of the molecule is CC(C)(C)C(=O)OCCCCCCCCCCCP(=O)(O)O. The molecule has 0 rings (SSSR count). The zero-order valence-corrected chi connectivity index (χ0v) is 15.2. The van der Waals surface area contributed by atoms with Gasteiger partial charge in [0.05, 0.1) is 12.0 Å². The van der Waals surface area contributed by atoms with Gasteiger partial charge >= 0.3 is 13.6 Å². The molecule has 0 unspecified atom stereocenters. The molecule has 0 saturated carbocycles. The maximum Gasteiger partial charge on any atom is 0.325 e. The fourth-order valence-corrected chi connectivity index (χ4v) is 2.67. The van der Waals surface area contributed by atoms with Crippen molar-refractivity contribution in [3.05, 3.63) is 0 Å². The zero-order valence-electron chi connectivity index (χ0n) is 14.3. The van der Waals surface area contributed by atoms with Gasteiger partial charge in [-0.05, 0) is 33.6 Å². The Bertz CT molecular complexity index is 343. The highest BCUT2D eigenvalue weighted by Gasteiger charge is 2.22. The smallest absolute Gasteiger partial charge is 0.325 e. The molecule has 0 saturated heterocycles. The molecule has 0 aromatic carbocycles. The minimum absolute atomic E-state index is 0.0142. The van der Waals surface area contributed by atoms with Crippen LogP contribution in [0.15, 0.2) is 0 Å². The molecule has 6 heteroatoms. The number of unbranched alkanes of at least 4 members (excludes halogenated alkanes) is 8. The van der Waals surface area contributed by atoms with E-state index in [9.17, 15) is 9.36 Å². The van der Waals surface area contributed by atoms with Gasteiger partial charge in [-0.1, -0.05) is 44.9 Å². The van der Waals surface area contributed by atoms with E-state index in [1.54, 1.807) is 0 Å². The summed E-state index contributed by atoms with van der Waals surface area (Å²) in [6.07, 6.45) is 9.18. The fourth-order valence-electron chi connectivity index (χ4n) is 2.04. The molecule has 0 atom stereocenters. The lowest BCUT2D eigenvalue weighted by Crippen LogP contribution is -2.23. The molecule has 2 N–H and O–H groups in total. The fraction of sp³-hybridized carbons (Fsp3) is 0.938. The third kappa shape index (κ3) is 14.6. The second kappa shape index (κ2) is 11.2. The molecule has 0 spiro atoms. The van der Waals surface area contributed by atoms with E-state index in [1.165, 1.54) is 6.42 Å². The lowest BCUT2D eigenvalue weighted by atomic mass is 9.97. The van der Waals surface area contributed by atoms with E-state index < -0.39 is 13.0 Å². The van der Waals surface area contributed by atoms with Crippen LogP contribution in [0.25, 0.3) is 0 Å². The van der Waals surface area contributed by atoms with Crippen molar-refractivity contribution in [2.24, 2.45) is 5.41 Å². The van der Waals surface area contributed by atoms with Crippen LogP contribution in [0, 0.1) is 5.41 Å². The molecular formula is C16H33O5P. The summed E-state index contributed by atoms with van der Waals surface area (Å²) in [5.41, 5.74) is -0.417. The Hall–Kier alpha value is -0.380. The van der Waals surface area contributed by atoms with Crippen molar-refractivity contribution in [3.8, 4) is 0 Å². The van der Waals surface area contributed by atoms with Crippen LogP contribution in [0.2, 0.25) is 0 Å². The van der Waals surface area contributed by atoms with Gasteiger partial charge in [-0.25, -0.2) is 0 Å². The van der Waals surface area contributed by atoms with Crippen molar-refractivity contribution in [3.63, 3.8) is 0 Å². The highest BCUT2D eigenvalue weighted by molar-refractivity contribution is 7.51. The first-order chi connectivity index (χ1) is 10.1. The van der Waals surface area contributed by atoms with E-state index in [0.717, 1.165) is 44.9 Å². The van der Waals surface area contributed by atoms with Gasteiger partial charge in [0, 0.05) is 6.16 Å². The van der Waals surface area contributed by atoms with E-state index in [0.29, 0.717) is 13.0 Å². The third-order valence-corrected chi connectivity index (χ3v) is 4.34. The van der Waals surface area contributed by atoms with Gasteiger partial charge in [0.1, 0.15) is 0 Å². The lowest BCUT2D eigenvalue weighted by molar-refractivity contribution is -0.153. The van der Waals surface area contributed by atoms with Crippen LogP contribution in [-0.4, -0.2) is 28.5 Å². The molecular weight excluding hydrogens is 303 g/mol. The number of carbonyl (C=O) groups excluding carboxylic acids is 1. The topological polar surface area (TPSA) is 83.8 Å². The van der Waals surface area contributed by atoms with Crippen LogP contribution in [0.1, 0.15) is 78.6 Å². The van der Waals surface area contributed by atoms with Crippen LogP contribution < -0.4 is 0 Å². The summed E-state index contributed by atoms with van der Waals surface area (Å²) in [6.45, 7) is 6.08. The summed E-state index contributed by atoms with van der Waals surface area (Å²) in [5, 5.41) is 0. The van der Waals surface area contributed by atoms with Crippen LogP contribution in [0.5, 0.6) is 0 Å². The van der Waals surface area contributed by atoms with E-state index in [4.69, 9.17) is 14.5 Å². The first-order valence-corrected chi connectivity index (χ1v) is 10.1. The molecule has 5 nitrogen and oxygen atoms in total. The molecule has 0 aliphatic heterocycles. The van der Waals surface area contributed by atoms with E-state index in [1.807, 2.05) is 20.8 Å². The van der Waals surface area contributed by atoms with Crippen molar-refractivity contribution in [1.29, 1.82) is 0 Å². The van der Waals surface area contributed by atoms with Crippen LogP contribution in [0.3, 0.4) is 0 Å².